The summed E-state index contributed by atoms with van der Waals surface area (Å²) in [7, 11) is 0. The van der Waals surface area contributed by atoms with E-state index in [9.17, 15) is 24.3 Å². The first-order valence-electron chi connectivity index (χ1n) is 13.3. The summed E-state index contributed by atoms with van der Waals surface area (Å²) < 4.78 is 12.1. The van der Waals surface area contributed by atoms with Crippen LogP contribution in [-0.2, 0) is 28.7 Å². The Morgan fingerprint density at radius 2 is 2.03 bits per heavy atom. The predicted octanol–water partition coefficient (Wildman–Crippen LogP) is 1.55. The van der Waals surface area contributed by atoms with Crippen molar-refractivity contribution in [1.29, 1.82) is 0 Å². The molecule has 0 aliphatic carbocycles. The number of halogens is 1. The SMILES string of the molecule is C=CCCC(=O)NC[C@@H](C)OC(=O)[C@@H]1[C@H]2O[C@@]3(CC2Br)[C@H](C(=O)N(CC=C)C(C)C)N(CCCO)C(=O)[C@@H]13. The molecule has 38 heavy (non-hydrogen) atoms. The van der Waals surface area contributed by atoms with Gasteiger partial charge in [0, 0.05) is 37.0 Å². The van der Waals surface area contributed by atoms with Gasteiger partial charge in [0.15, 0.2) is 0 Å². The number of likely N-dealkylation sites (tertiary alicyclic amines) is 1. The first kappa shape index (κ1) is 30.3. The lowest BCUT2D eigenvalue weighted by Crippen LogP contribution is -2.58. The first-order valence-corrected chi connectivity index (χ1v) is 14.2. The molecule has 3 heterocycles. The summed E-state index contributed by atoms with van der Waals surface area (Å²) in [6, 6.07) is -1.08. The van der Waals surface area contributed by atoms with Crippen LogP contribution in [0.1, 0.15) is 46.5 Å². The molecule has 0 saturated carbocycles. The van der Waals surface area contributed by atoms with E-state index in [2.05, 4.69) is 34.4 Å². The molecule has 212 valence electrons. The monoisotopic (exact) mass is 597 g/mol. The average Bonchev–Trinajstić information content (AvgIpc) is 3.46. The van der Waals surface area contributed by atoms with Gasteiger partial charge in [-0.2, -0.15) is 0 Å². The largest absolute Gasteiger partial charge is 0.460 e. The van der Waals surface area contributed by atoms with Crippen LogP contribution >= 0.6 is 15.9 Å². The van der Waals surface area contributed by atoms with Crippen molar-refractivity contribution in [3.63, 3.8) is 0 Å². The van der Waals surface area contributed by atoms with Crippen molar-refractivity contribution in [2.45, 2.75) is 81.2 Å². The fourth-order valence-electron chi connectivity index (χ4n) is 5.91. The van der Waals surface area contributed by atoms with E-state index in [0.29, 0.717) is 32.2 Å². The lowest BCUT2D eigenvalue weighted by molar-refractivity contribution is -0.159. The highest BCUT2D eigenvalue weighted by Crippen LogP contribution is 2.60. The molecule has 0 aromatic rings. The minimum absolute atomic E-state index is 0.135. The van der Waals surface area contributed by atoms with Crippen LogP contribution in [0.3, 0.4) is 0 Å². The number of esters is 1. The Labute approximate surface area is 232 Å². The van der Waals surface area contributed by atoms with E-state index in [-0.39, 0.29) is 48.3 Å². The van der Waals surface area contributed by atoms with Crippen LogP contribution in [0.4, 0.5) is 0 Å². The summed E-state index contributed by atoms with van der Waals surface area (Å²) in [5.41, 5.74) is -1.19. The maximum Gasteiger partial charge on any atom is 0.312 e. The van der Waals surface area contributed by atoms with Crippen LogP contribution < -0.4 is 5.32 Å². The second-order valence-corrected chi connectivity index (χ2v) is 11.7. The van der Waals surface area contributed by atoms with E-state index < -0.39 is 41.7 Å². The number of alkyl halides is 1. The molecule has 2 N–H and O–H groups in total. The lowest BCUT2D eigenvalue weighted by Gasteiger charge is -2.38. The summed E-state index contributed by atoms with van der Waals surface area (Å²) in [4.78, 5) is 56.1. The van der Waals surface area contributed by atoms with Gasteiger partial charge in [-0.25, -0.2) is 0 Å². The van der Waals surface area contributed by atoms with Gasteiger partial charge in [-0.05, 0) is 40.0 Å². The van der Waals surface area contributed by atoms with E-state index in [1.165, 1.54) is 4.90 Å². The number of nitrogens with one attached hydrogen (secondary N) is 1. The quantitative estimate of drug-likeness (QED) is 0.177. The van der Waals surface area contributed by atoms with Gasteiger partial charge in [0.25, 0.3) is 0 Å². The number of hydrogen-bond acceptors (Lipinski definition) is 7. The number of aliphatic hydroxyl groups excluding tert-OH is 1. The number of carbonyl (C=O) groups excluding carboxylic acids is 4. The van der Waals surface area contributed by atoms with E-state index in [4.69, 9.17) is 9.47 Å². The van der Waals surface area contributed by atoms with Crippen molar-refractivity contribution in [3.05, 3.63) is 25.3 Å². The molecule has 2 bridgehead atoms. The Hall–Kier alpha value is -2.24. The number of nitrogens with zero attached hydrogens (tertiary/aromatic N) is 2. The van der Waals surface area contributed by atoms with E-state index in [1.54, 1.807) is 24.0 Å². The number of fused-ring (bicyclic) bond motifs is 1. The van der Waals surface area contributed by atoms with Gasteiger partial charge < -0.3 is 29.7 Å². The number of ether oxygens (including phenoxy) is 2. The molecule has 0 aromatic heterocycles. The third-order valence-corrected chi connectivity index (χ3v) is 8.41. The second kappa shape index (κ2) is 12.7. The van der Waals surface area contributed by atoms with E-state index in [1.807, 2.05) is 13.8 Å². The maximum absolute atomic E-state index is 14.0. The van der Waals surface area contributed by atoms with Crippen molar-refractivity contribution in [3.8, 4) is 0 Å². The molecular weight excluding hydrogens is 558 g/mol. The van der Waals surface area contributed by atoms with Crippen molar-refractivity contribution < 1.29 is 33.8 Å². The predicted molar refractivity (Wildman–Crippen MR) is 144 cm³/mol. The van der Waals surface area contributed by atoms with Crippen LogP contribution in [0.5, 0.6) is 0 Å². The molecule has 1 spiro atoms. The summed E-state index contributed by atoms with van der Waals surface area (Å²) >= 11 is 3.63. The van der Waals surface area contributed by atoms with Crippen molar-refractivity contribution in [1.82, 2.24) is 15.1 Å². The molecule has 3 saturated heterocycles. The Balaban J connectivity index is 1.86. The maximum atomic E-state index is 14.0. The van der Waals surface area contributed by atoms with Crippen molar-refractivity contribution >= 4 is 39.6 Å². The molecule has 10 nitrogen and oxygen atoms in total. The topological polar surface area (TPSA) is 125 Å². The highest BCUT2D eigenvalue weighted by molar-refractivity contribution is 9.09. The summed E-state index contributed by atoms with van der Waals surface area (Å²) in [6.07, 6.45) is 3.57. The third kappa shape index (κ3) is 5.70. The van der Waals surface area contributed by atoms with Gasteiger partial charge in [-0.3, -0.25) is 19.2 Å². The molecule has 7 atom stereocenters. The highest BCUT2D eigenvalue weighted by atomic mass is 79.9. The number of aliphatic hydroxyl groups is 1. The zero-order chi connectivity index (χ0) is 28.2. The number of hydrogen-bond donors (Lipinski definition) is 2. The van der Waals surface area contributed by atoms with E-state index in [0.717, 1.165) is 0 Å². The highest BCUT2D eigenvalue weighted by Gasteiger charge is 2.77. The Kier molecular flexibility index (Phi) is 10.2. The van der Waals surface area contributed by atoms with Crippen LogP contribution in [0.25, 0.3) is 0 Å². The molecule has 3 aliphatic rings. The lowest BCUT2D eigenvalue weighted by atomic mass is 9.70. The standard InChI is InChI=1S/C27H40BrN3O7/c1-6-8-10-19(33)29-15-17(5)37-26(36)20-21-24(34)31(12-9-13-32)23(25(35)30(11-7-2)16(3)4)27(21)14-18(28)22(20)38-27/h6-7,16-18,20-23,32H,1-2,8-15H2,3-5H3,(H,29,33)/t17-,18?,20+,21-,22+,23+,27-/m1/s1. The van der Waals surface area contributed by atoms with Crippen molar-refractivity contribution in [2.24, 2.45) is 11.8 Å². The molecule has 3 rings (SSSR count). The minimum atomic E-state index is -1.19. The van der Waals surface area contributed by atoms with Gasteiger partial charge in [0.05, 0.1) is 24.5 Å². The summed E-state index contributed by atoms with van der Waals surface area (Å²) in [5, 5.41) is 12.2. The molecule has 1 unspecified atom stereocenters. The van der Waals surface area contributed by atoms with Gasteiger partial charge in [-0.1, -0.05) is 28.1 Å². The molecule has 3 fully saturated rings. The average molecular weight is 599 g/mol. The van der Waals surface area contributed by atoms with Crippen LogP contribution in [0.2, 0.25) is 0 Å². The Morgan fingerprint density at radius 1 is 1.32 bits per heavy atom. The van der Waals surface area contributed by atoms with Crippen LogP contribution in [0, 0.1) is 11.8 Å². The molecule has 11 heteroatoms. The van der Waals surface area contributed by atoms with Gasteiger partial charge in [0.2, 0.25) is 17.7 Å². The number of carbonyl (C=O) groups is 4. The van der Waals surface area contributed by atoms with Crippen molar-refractivity contribution in [2.75, 3.05) is 26.2 Å². The zero-order valence-electron chi connectivity index (χ0n) is 22.4. The third-order valence-electron chi connectivity index (χ3n) is 7.56. The van der Waals surface area contributed by atoms with E-state index >= 15 is 0 Å². The first-order chi connectivity index (χ1) is 18.0. The summed E-state index contributed by atoms with van der Waals surface area (Å²) in [6.45, 7) is 13.3. The molecule has 0 radical (unpaired) electrons. The number of rotatable bonds is 14. The fourth-order valence-corrected chi connectivity index (χ4v) is 6.85. The number of allylic oxidation sites excluding steroid dienone is 1. The Morgan fingerprint density at radius 3 is 2.63 bits per heavy atom. The molecular formula is C27H40BrN3O7. The van der Waals surface area contributed by atoms with Gasteiger partial charge in [0.1, 0.15) is 17.7 Å². The normalized spacial score (nSPS) is 30.2. The Bertz CT molecular complexity index is 944. The van der Waals surface area contributed by atoms with Crippen LogP contribution in [-0.4, -0.2) is 99.6 Å². The molecule has 3 aliphatic heterocycles. The summed E-state index contributed by atoms with van der Waals surface area (Å²) in [5.74, 6) is -3.15. The second-order valence-electron chi connectivity index (χ2n) is 10.5. The van der Waals surface area contributed by atoms with Gasteiger partial charge >= 0.3 is 5.97 Å². The number of amides is 3. The minimum Gasteiger partial charge on any atom is -0.460 e. The zero-order valence-corrected chi connectivity index (χ0v) is 24.0. The smallest absolute Gasteiger partial charge is 0.312 e. The fraction of sp³-hybridized carbons (Fsp3) is 0.704. The van der Waals surface area contributed by atoms with Gasteiger partial charge in [-0.15, -0.1) is 13.2 Å². The molecule has 3 amide bonds. The molecule has 0 aromatic carbocycles. The van der Waals surface area contributed by atoms with Crippen LogP contribution in [0.15, 0.2) is 25.3 Å².